The van der Waals surface area contributed by atoms with E-state index in [1.54, 1.807) is 18.9 Å². The van der Waals surface area contributed by atoms with Crippen molar-refractivity contribution in [2.45, 2.75) is 6.92 Å². The van der Waals surface area contributed by atoms with Crippen LogP contribution in [0.25, 0.3) is 0 Å². The maximum Gasteiger partial charge on any atom is -0.870 e. The molecule has 0 aromatic heterocycles. The Morgan fingerprint density at radius 3 is 1.87 bits per heavy atom. The fourth-order valence-corrected chi connectivity index (χ4v) is 1.22. The molecule has 1 aromatic rings. The Labute approximate surface area is 97.2 Å². The smallest absolute Gasteiger partial charge is 0.870 e. The quantitative estimate of drug-likeness (QED) is 0.666. The van der Waals surface area contributed by atoms with Crippen LogP contribution in [0.1, 0.15) is 6.92 Å². The van der Waals surface area contributed by atoms with Crippen LogP contribution in [0, 0.1) is 0 Å². The first-order valence-electron chi connectivity index (χ1n) is 3.67. The fraction of sp³-hybridized carbons (Fsp3) is 0.222. The second-order valence-corrected chi connectivity index (χ2v) is 3.84. The molecule has 0 fully saturated rings. The summed E-state index contributed by atoms with van der Waals surface area (Å²) >= 11 is 2.03. The Morgan fingerprint density at radius 2 is 1.53 bits per heavy atom. The van der Waals surface area contributed by atoms with Crippen LogP contribution in [-0.2, 0) is 4.79 Å². The molecule has 0 atom stereocenters. The molecule has 0 aliphatic heterocycles. The van der Waals surface area contributed by atoms with Crippen molar-refractivity contribution in [1.82, 2.24) is 0 Å². The van der Waals surface area contributed by atoms with Gasteiger partial charge in [0.05, 0.1) is 0 Å². The molecule has 15 heavy (non-hydrogen) atoms. The van der Waals surface area contributed by atoms with Crippen LogP contribution in [0.5, 0.6) is 0 Å². The molecule has 0 unspecified atom stereocenters. The number of hydrogen-bond donors (Lipinski definition) is 0. The van der Waals surface area contributed by atoms with Gasteiger partial charge in [0, 0.05) is 0 Å². The van der Waals surface area contributed by atoms with E-state index in [4.69, 9.17) is 0 Å². The Bertz CT molecular complexity index is 289. The van der Waals surface area contributed by atoms with Gasteiger partial charge in [-0.15, -0.1) is 0 Å². The third-order valence-electron chi connectivity index (χ3n) is 1.73. The summed E-state index contributed by atoms with van der Waals surface area (Å²) < 4.78 is 1.20. The van der Waals surface area contributed by atoms with Crippen LogP contribution in [0.15, 0.2) is 24.3 Å². The zero-order valence-corrected chi connectivity index (χ0v) is 10.6. The topological polar surface area (TPSA) is 110 Å². The minimum atomic E-state index is 0. The van der Waals surface area contributed by atoms with Gasteiger partial charge in [-0.05, 0) is 0 Å². The summed E-state index contributed by atoms with van der Waals surface area (Å²) in [4.78, 5) is 12.6. The van der Waals surface area contributed by atoms with E-state index in [-0.39, 0.29) is 22.3 Å². The van der Waals surface area contributed by atoms with Crippen molar-refractivity contribution in [3.05, 3.63) is 24.3 Å². The predicted octanol–water partition coefficient (Wildman–Crippen LogP) is -0.0673. The summed E-state index contributed by atoms with van der Waals surface area (Å²) in [7, 11) is 1.77. The van der Waals surface area contributed by atoms with Crippen molar-refractivity contribution in [2.75, 3.05) is 11.9 Å². The van der Waals surface area contributed by atoms with Crippen molar-refractivity contribution in [1.29, 1.82) is 0 Å². The average molecular weight is 272 g/mol. The molecule has 3 N–H and O–H groups in total. The van der Waals surface area contributed by atoms with Crippen LogP contribution in [-0.4, -0.2) is 45.9 Å². The molecule has 5 nitrogen and oxygen atoms in total. The first-order chi connectivity index (χ1) is 5.61. The summed E-state index contributed by atoms with van der Waals surface area (Å²) in [5.41, 5.74) is 0.938. The molecule has 0 spiro atoms. The predicted molar refractivity (Wildman–Crippen MR) is 56.7 cm³/mol. The van der Waals surface area contributed by atoms with Crippen molar-refractivity contribution < 1.29 is 21.2 Å². The maximum atomic E-state index is 11.0. The van der Waals surface area contributed by atoms with E-state index in [1.807, 2.05) is 40.8 Å². The van der Waals surface area contributed by atoms with Gasteiger partial charge in [0.2, 0.25) is 0 Å². The standard InChI is InChI=1S/C9H10GeNO.3H2O/c1-7(12)11(2)9-5-3-8(10)4-6-9;;;/h3-6H,1-2H3;3*1H2/q+3;;;/p-3. The molecule has 0 saturated heterocycles. The molecular weight excluding hydrogens is 259 g/mol. The first kappa shape index (κ1) is 19.6. The third kappa shape index (κ3) is 5.53. The molecule has 1 rings (SSSR count). The normalized spacial score (nSPS) is 7.73. The Kier molecular flexibility index (Phi) is 11.0. The number of amides is 1. The number of nitrogens with zero attached hydrogens (tertiary/aromatic N) is 1. The molecule has 1 aromatic carbocycles. The van der Waals surface area contributed by atoms with E-state index in [0.717, 1.165) is 5.69 Å². The second kappa shape index (κ2) is 8.42. The monoisotopic (exact) mass is 273 g/mol. The Hall–Kier alpha value is -0.887. The van der Waals surface area contributed by atoms with Crippen LogP contribution >= 0.6 is 0 Å². The Balaban J connectivity index is -0.000000480. The fourth-order valence-electron chi connectivity index (χ4n) is 0.867. The van der Waals surface area contributed by atoms with Gasteiger partial charge in [-0.3, -0.25) is 0 Å². The molecule has 6 heteroatoms. The number of hydrogen-bond acceptors (Lipinski definition) is 4. The van der Waals surface area contributed by atoms with Crippen molar-refractivity contribution in [3.63, 3.8) is 0 Å². The van der Waals surface area contributed by atoms with Crippen LogP contribution in [0.3, 0.4) is 0 Å². The van der Waals surface area contributed by atoms with Crippen LogP contribution < -0.4 is 9.30 Å². The van der Waals surface area contributed by atoms with E-state index >= 15 is 0 Å². The number of benzene rings is 1. The molecule has 1 amide bonds. The third-order valence-corrected chi connectivity index (χ3v) is 2.43. The van der Waals surface area contributed by atoms with E-state index in [0.29, 0.717) is 0 Å². The number of carbonyl (C=O) groups is 1. The summed E-state index contributed by atoms with van der Waals surface area (Å²) in [6.45, 7) is 1.56. The molecule has 0 bridgehead atoms. The van der Waals surface area contributed by atoms with Crippen LogP contribution in [0.4, 0.5) is 5.69 Å². The summed E-state index contributed by atoms with van der Waals surface area (Å²) in [6, 6.07) is 7.87. The minimum absolute atomic E-state index is 0. The summed E-state index contributed by atoms with van der Waals surface area (Å²) in [5, 5.41) is 0. The van der Waals surface area contributed by atoms with Gasteiger partial charge in [-0.2, -0.15) is 0 Å². The minimum Gasteiger partial charge on any atom is -0.870 e. The maximum absolute atomic E-state index is 11.0. The van der Waals surface area contributed by atoms with Gasteiger partial charge >= 0.3 is 80.4 Å². The van der Waals surface area contributed by atoms with E-state index in [2.05, 4.69) is 0 Å². The number of anilines is 1. The van der Waals surface area contributed by atoms with Crippen LogP contribution in [0.2, 0.25) is 0 Å². The number of rotatable bonds is 1. The zero-order valence-electron chi connectivity index (χ0n) is 8.51. The van der Waals surface area contributed by atoms with Gasteiger partial charge in [0.25, 0.3) is 0 Å². The molecule has 0 aliphatic rings. The zero-order chi connectivity index (χ0) is 9.14. The van der Waals surface area contributed by atoms with Gasteiger partial charge < -0.3 is 16.4 Å². The molecule has 82 valence electrons. The largest absolute Gasteiger partial charge is 0.870 e. The van der Waals surface area contributed by atoms with Gasteiger partial charge in [0.15, 0.2) is 0 Å². The second-order valence-electron chi connectivity index (χ2n) is 2.62. The van der Waals surface area contributed by atoms with Crippen molar-refractivity contribution in [2.24, 2.45) is 0 Å². The van der Waals surface area contributed by atoms with E-state index < -0.39 is 0 Å². The SMILES string of the molecule is CC(=O)N(C)c1cc[c]([Ge+3])cc1.[OH-].[OH-].[OH-]. The molecular formula is C9H13GeNO4. The van der Waals surface area contributed by atoms with E-state index in [1.165, 1.54) is 4.40 Å². The molecule has 0 saturated carbocycles. The van der Waals surface area contributed by atoms with Gasteiger partial charge in [0.1, 0.15) is 0 Å². The van der Waals surface area contributed by atoms with Gasteiger partial charge in [-0.25, -0.2) is 0 Å². The van der Waals surface area contributed by atoms with Gasteiger partial charge in [-0.1, -0.05) is 0 Å². The van der Waals surface area contributed by atoms with E-state index in [9.17, 15) is 4.79 Å². The molecule has 0 radical (unpaired) electrons. The Morgan fingerprint density at radius 1 is 1.13 bits per heavy atom. The summed E-state index contributed by atoms with van der Waals surface area (Å²) in [6.07, 6.45) is 0. The molecule has 0 aliphatic carbocycles. The first-order valence-corrected chi connectivity index (χ1v) is 4.72. The molecule has 0 heterocycles. The summed E-state index contributed by atoms with van der Waals surface area (Å²) in [5.74, 6) is 0.0545. The van der Waals surface area contributed by atoms with Crippen molar-refractivity contribution in [3.8, 4) is 0 Å². The number of carbonyl (C=O) groups excluding carboxylic acids is 1. The average Bonchev–Trinajstić information content (AvgIpc) is 2.04. The van der Waals surface area contributed by atoms with Crippen molar-refractivity contribution >= 4 is 32.5 Å².